The number of amides is 5. The molecule has 0 spiro atoms. The Labute approximate surface area is 172 Å². The van der Waals surface area contributed by atoms with Crippen molar-refractivity contribution in [1.29, 1.82) is 0 Å². The Morgan fingerprint density at radius 3 is 2.67 bits per heavy atom. The van der Waals surface area contributed by atoms with Gasteiger partial charge in [0.25, 0.3) is 17.7 Å². The van der Waals surface area contributed by atoms with Crippen molar-refractivity contribution in [3.8, 4) is 0 Å². The normalized spacial score (nSPS) is 21.6. The molecule has 1 aromatic rings. The number of carbonyl (C=O) groups excluding carboxylic acids is 5. The maximum Gasteiger partial charge on any atom is 0.338 e. The average molecular weight is 415 g/mol. The van der Waals surface area contributed by atoms with E-state index in [9.17, 15) is 24.0 Å². The number of rotatable bonds is 5. The van der Waals surface area contributed by atoms with Crippen molar-refractivity contribution in [2.75, 3.05) is 26.2 Å². The van der Waals surface area contributed by atoms with E-state index in [0.29, 0.717) is 13.2 Å². The number of hydrogen-bond donors (Lipinski definition) is 1. The van der Waals surface area contributed by atoms with Crippen LogP contribution in [-0.4, -0.2) is 78.0 Å². The van der Waals surface area contributed by atoms with Crippen LogP contribution < -0.4 is 5.32 Å². The molecule has 3 aliphatic heterocycles. The van der Waals surface area contributed by atoms with Crippen molar-refractivity contribution in [3.63, 3.8) is 0 Å². The van der Waals surface area contributed by atoms with Gasteiger partial charge in [-0.2, -0.15) is 0 Å². The van der Waals surface area contributed by atoms with Gasteiger partial charge in [0.2, 0.25) is 0 Å². The highest BCUT2D eigenvalue weighted by atomic mass is 16.5. The second-order valence-corrected chi connectivity index (χ2v) is 7.39. The Balaban J connectivity index is 1.45. The smallest absolute Gasteiger partial charge is 0.338 e. The lowest BCUT2D eigenvalue weighted by molar-refractivity contribution is -0.136. The molecule has 0 aromatic heterocycles. The summed E-state index contributed by atoms with van der Waals surface area (Å²) in [5.41, 5.74) is 0.372. The van der Waals surface area contributed by atoms with Crippen molar-refractivity contribution >= 4 is 29.7 Å². The first-order valence-electron chi connectivity index (χ1n) is 9.79. The first kappa shape index (κ1) is 20.0. The molecule has 30 heavy (non-hydrogen) atoms. The second kappa shape index (κ2) is 7.86. The summed E-state index contributed by atoms with van der Waals surface area (Å²) in [7, 11) is 0. The number of nitrogens with one attached hydrogen (secondary N) is 1. The maximum absolute atomic E-state index is 12.7. The van der Waals surface area contributed by atoms with Crippen LogP contribution in [0.4, 0.5) is 4.79 Å². The molecule has 1 aromatic carbocycles. The molecule has 3 aliphatic rings. The fourth-order valence-corrected chi connectivity index (χ4v) is 3.76. The lowest BCUT2D eigenvalue weighted by Crippen LogP contribution is -2.41. The van der Waals surface area contributed by atoms with Gasteiger partial charge in [0.05, 0.1) is 29.3 Å². The summed E-state index contributed by atoms with van der Waals surface area (Å²) in [4.78, 5) is 63.7. The van der Waals surface area contributed by atoms with Crippen LogP contribution in [0.2, 0.25) is 0 Å². The largest absolute Gasteiger partial charge is 0.449 e. The first-order valence-corrected chi connectivity index (χ1v) is 9.79. The summed E-state index contributed by atoms with van der Waals surface area (Å²) in [5.74, 6) is -2.36. The molecule has 2 saturated heterocycles. The van der Waals surface area contributed by atoms with E-state index in [-0.39, 0.29) is 35.9 Å². The van der Waals surface area contributed by atoms with E-state index in [1.54, 1.807) is 0 Å². The molecular formula is C20H21N3O7. The third kappa shape index (κ3) is 3.54. The number of hydrogen-bond acceptors (Lipinski definition) is 7. The van der Waals surface area contributed by atoms with Gasteiger partial charge in [-0.15, -0.1) is 0 Å². The Bertz CT molecular complexity index is 938. The van der Waals surface area contributed by atoms with Gasteiger partial charge >= 0.3 is 12.0 Å². The highest BCUT2D eigenvalue weighted by Crippen LogP contribution is 2.26. The summed E-state index contributed by atoms with van der Waals surface area (Å²) in [6.45, 7) is 2.71. The molecule has 0 unspecified atom stereocenters. The standard InChI is InChI=1S/C20H21N3O7/c1-11(16(24)22-7-6-21-20(22)28)30-19(27)12-4-5-14-15(9-12)18(26)23(17(14)25)10-13-3-2-8-29-13/h4-5,9,11,13H,2-3,6-8,10H2,1H3,(H,21,28)/t11-,13-/m0/s1. The zero-order chi connectivity index (χ0) is 21.4. The van der Waals surface area contributed by atoms with Crippen LogP contribution >= 0.6 is 0 Å². The van der Waals surface area contributed by atoms with E-state index in [1.165, 1.54) is 25.1 Å². The minimum Gasteiger partial charge on any atom is -0.449 e. The van der Waals surface area contributed by atoms with E-state index in [4.69, 9.17) is 9.47 Å². The van der Waals surface area contributed by atoms with E-state index in [2.05, 4.69) is 5.32 Å². The monoisotopic (exact) mass is 415 g/mol. The van der Waals surface area contributed by atoms with Crippen LogP contribution in [0, 0.1) is 0 Å². The Morgan fingerprint density at radius 2 is 2.00 bits per heavy atom. The number of benzene rings is 1. The van der Waals surface area contributed by atoms with Crippen LogP contribution in [-0.2, 0) is 14.3 Å². The molecule has 10 nitrogen and oxygen atoms in total. The molecular weight excluding hydrogens is 394 g/mol. The SMILES string of the molecule is C[C@H](OC(=O)c1ccc2c(c1)C(=O)N(C[C@@H]1CCCO1)C2=O)C(=O)N1CCNC1=O. The summed E-state index contributed by atoms with van der Waals surface area (Å²) < 4.78 is 10.7. The van der Waals surface area contributed by atoms with E-state index in [0.717, 1.165) is 22.6 Å². The van der Waals surface area contributed by atoms with E-state index >= 15 is 0 Å². The Hall–Kier alpha value is -3.27. The van der Waals surface area contributed by atoms with Gasteiger partial charge in [0, 0.05) is 19.7 Å². The van der Waals surface area contributed by atoms with E-state index in [1.807, 2.05) is 0 Å². The quantitative estimate of drug-likeness (QED) is 0.551. The molecule has 2 atom stereocenters. The van der Waals surface area contributed by atoms with Crippen LogP contribution in [0.25, 0.3) is 0 Å². The molecule has 10 heteroatoms. The van der Waals surface area contributed by atoms with Gasteiger partial charge in [0.15, 0.2) is 6.10 Å². The third-order valence-electron chi connectivity index (χ3n) is 5.37. The van der Waals surface area contributed by atoms with Crippen molar-refractivity contribution in [2.45, 2.75) is 32.0 Å². The first-order chi connectivity index (χ1) is 14.4. The number of esters is 1. The van der Waals surface area contributed by atoms with Crippen molar-refractivity contribution in [1.82, 2.24) is 15.1 Å². The molecule has 3 heterocycles. The van der Waals surface area contributed by atoms with Gasteiger partial charge in [-0.25, -0.2) is 9.59 Å². The second-order valence-electron chi connectivity index (χ2n) is 7.39. The summed E-state index contributed by atoms with van der Waals surface area (Å²) >= 11 is 0. The highest BCUT2D eigenvalue weighted by Gasteiger charge is 2.38. The van der Waals surface area contributed by atoms with Gasteiger partial charge in [0.1, 0.15) is 0 Å². The number of imide groups is 2. The Morgan fingerprint density at radius 1 is 1.23 bits per heavy atom. The number of nitrogens with zero attached hydrogens (tertiary/aromatic N) is 2. The highest BCUT2D eigenvalue weighted by molar-refractivity contribution is 6.22. The molecule has 0 radical (unpaired) electrons. The predicted molar refractivity (Wildman–Crippen MR) is 101 cm³/mol. The molecule has 5 amide bonds. The minimum absolute atomic E-state index is 0.0411. The molecule has 2 fully saturated rings. The fourth-order valence-electron chi connectivity index (χ4n) is 3.76. The van der Waals surface area contributed by atoms with Crippen LogP contribution in [0.1, 0.15) is 50.8 Å². The average Bonchev–Trinajstić information content (AvgIpc) is 3.45. The lowest BCUT2D eigenvalue weighted by Gasteiger charge is -2.18. The van der Waals surface area contributed by atoms with Gasteiger partial charge in [-0.1, -0.05) is 0 Å². The summed E-state index contributed by atoms with van der Waals surface area (Å²) in [6, 6.07) is 3.55. The molecule has 4 rings (SSSR count). The Kier molecular flexibility index (Phi) is 5.25. The van der Waals surface area contributed by atoms with E-state index < -0.39 is 35.8 Å². The molecule has 158 valence electrons. The molecule has 0 aliphatic carbocycles. The summed E-state index contributed by atoms with van der Waals surface area (Å²) in [5, 5.41) is 2.50. The predicted octanol–water partition coefficient (Wildman–Crippen LogP) is 0.559. The lowest BCUT2D eigenvalue weighted by atomic mass is 10.1. The summed E-state index contributed by atoms with van der Waals surface area (Å²) in [6.07, 6.45) is 0.320. The third-order valence-corrected chi connectivity index (χ3v) is 5.37. The number of ether oxygens (including phenoxy) is 2. The van der Waals surface area contributed by atoms with Gasteiger partial charge < -0.3 is 14.8 Å². The van der Waals surface area contributed by atoms with Crippen LogP contribution in [0.15, 0.2) is 18.2 Å². The maximum atomic E-state index is 12.7. The fraction of sp³-hybridized carbons (Fsp3) is 0.450. The zero-order valence-electron chi connectivity index (χ0n) is 16.4. The topological polar surface area (TPSA) is 122 Å². The number of fused-ring (bicyclic) bond motifs is 1. The van der Waals surface area contributed by atoms with Crippen LogP contribution in [0.3, 0.4) is 0 Å². The van der Waals surface area contributed by atoms with Gasteiger partial charge in [-0.05, 0) is 38.0 Å². The number of urea groups is 1. The number of carbonyl (C=O) groups is 5. The molecule has 0 bridgehead atoms. The molecule has 0 saturated carbocycles. The van der Waals surface area contributed by atoms with Crippen molar-refractivity contribution in [3.05, 3.63) is 34.9 Å². The van der Waals surface area contributed by atoms with Gasteiger partial charge in [-0.3, -0.25) is 24.2 Å². The van der Waals surface area contributed by atoms with Crippen molar-refractivity contribution in [2.24, 2.45) is 0 Å². The molecule has 1 N–H and O–H groups in total. The minimum atomic E-state index is -1.18. The van der Waals surface area contributed by atoms with Crippen LogP contribution in [0.5, 0.6) is 0 Å². The zero-order valence-corrected chi connectivity index (χ0v) is 16.4. The van der Waals surface area contributed by atoms with Crippen molar-refractivity contribution < 1.29 is 33.4 Å².